The molecule has 1 heterocycles. The van der Waals surface area contributed by atoms with Crippen molar-refractivity contribution in [3.8, 4) is 0 Å². The lowest BCUT2D eigenvalue weighted by Gasteiger charge is -2.28. The SMILES string of the molecule is C/C=C1/C(=O)NC(C(=O)O)C(C)C(=O)N[C@@H](CCCN=C(N)N)C(=O)N[C@@H](/C=C/C(C)=C/[C@H](C)[C@@H](O)Cc2ccccc2)[C@H](C)C(=O)NC(C(=O)O)CCC(=O)N1C. The molecule has 1 aromatic rings. The van der Waals surface area contributed by atoms with E-state index < -0.39 is 90.0 Å². The second kappa shape index (κ2) is 23.3. The molecule has 0 aliphatic carbocycles. The number of benzene rings is 1. The molecule has 5 amide bonds. The summed E-state index contributed by atoms with van der Waals surface area (Å²) in [6.07, 6.45) is 5.22. The molecule has 1 aliphatic rings. The fraction of sp³-hybridized carbons (Fsp3) is 0.500. The van der Waals surface area contributed by atoms with Gasteiger partial charge in [0.15, 0.2) is 5.96 Å². The van der Waals surface area contributed by atoms with Gasteiger partial charge in [-0.3, -0.25) is 29.0 Å². The third-order valence-electron chi connectivity index (χ3n) is 9.80. The summed E-state index contributed by atoms with van der Waals surface area (Å²) >= 11 is 0. The van der Waals surface area contributed by atoms with Gasteiger partial charge < -0.3 is 53.0 Å². The van der Waals surface area contributed by atoms with E-state index in [1.165, 1.54) is 40.0 Å². The molecule has 0 saturated carbocycles. The topological polar surface area (TPSA) is 296 Å². The van der Waals surface area contributed by atoms with Gasteiger partial charge in [-0.2, -0.15) is 0 Å². The van der Waals surface area contributed by atoms with E-state index in [0.29, 0.717) is 12.0 Å². The van der Waals surface area contributed by atoms with Crippen LogP contribution < -0.4 is 32.7 Å². The Labute approximate surface area is 338 Å². The van der Waals surface area contributed by atoms with Gasteiger partial charge in [0.1, 0.15) is 23.8 Å². The van der Waals surface area contributed by atoms with Crippen LogP contribution in [0.5, 0.6) is 0 Å². The summed E-state index contributed by atoms with van der Waals surface area (Å²) in [7, 11) is 1.24. The zero-order chi connectivity index (χ0) is 43.7. The Bertz CT molecular complexity index is 1760. The number of carboxylic acids is 2. The molecule has 1 aliphatic heterocycles. The van der Waals surface area contributed by atoms with E-state index in [9.17, 15) is 48.9 Å². The highest BCUT2D eigenvalue weighted by molar-refractivity contribution is 6.00. The minimum absolute atomic E-state index is 0.0470. The molecular weight excluding hydrogens is 752 g/mol. The monoisotopic (exact) mass is 810 g/mol. The Balaban J connectivity index is 2.61. The number of carboxylic acid groups (broad SMARTS) is 2. The number of aliphatic carboxylic acids is 2. The molecule has 1 aromatic carbocycles. The molecule has 11 N–H and O–H groups in total. The van der Waals surface area contributed by atoms with Crippen molar-refractivity contribution in [3.63, 3.8) is 0 Å². The molecule has 0 aromatic heterocycles. The Morgan fingerprint density at radius 1 is 0.948 bits per heavy atom. The van der Waals surface area contributed by atoms with Crippen LogP contribution in [0.2, 0.25) is 0 Å². The van der Waals surface area contributed by atoms with Crippen LogP contribution in [0.15, 0.2) is 70.9 Å². The van der Waals surface area contributed by atoms with Gasteiger partial charge >= 0.3 is 11.9 Å². The van der Waals surface area contributed by atoms with Crippen molar-refractivity contribution in [1.29, 1.82) is 0 Å². The summed E-state index contributed by atoms with van der Waals surface area (Å²) in [6, 6.07) is 3.66. The van der Waals surface area contributed by atoms with Crippen molar-refractivity contribution in [3.05, 3.63) is 71.5 Å². The fourth-order valence-corrected chi connectivity index (χ4v) is 6.10. The van der Waals surface area contributed by atoms with Gasteiger partial charge in [-0.1, -0.05) is 81.0 Å². The Morgan fingerprint density at radius 3 is 2.17 bits per heavy atom. The number of rotatable bonds is 12. The second-order valence-electron chi connectivity index (χ2n) is 14.4. The van der Waals surface area contributed by atoms with Gasteiger partial charge in [0.2, 0.25) is 23.6 Å². The number of amides is 5. The third-order valence-corrected chi connectivity index (χ3v) is 9.80. The van der Waals surface area contributed by atoms with Crippen LogP contribution >= 0.6 is 0 Å². The summed E-state index contributed by atoms with van der Waals surface area (Å²) in [5.41, 5.74) is 12.2. The minimum atomic E-state index is -1.81. The maximum atomic E-state index is 14.0. The molecule has 318 valence electrons. The lowest BCUT2D eigenvalue weighted by atomic mass is 9.94. The Kier molecular flexibility index (Phi) is 19.3. The molecule has 2 rings (SSSR count). The summed E-state index contributed by atoms with van der Waals surface area (Å²) < 4.78 is 0. The number of allylic oxidation sites excluding steroid dienone is 3. The molecule has 1 saturated heterocycles. The van der Waals surface area contributed by atoms with E-state index in [-0.39, 0.29) is 43.4 Å². The molecule has 18 heteroatoms. The van der Waals surface area contributed by atoms with Crippen LogP contribution in [-0.2, 0) is 40.0 Å². The molecule has 58 heavy (non-hydrogen) atoms. The normalized spacial score (nSPS) is 25.3. The van der Waals surface area contributed by atoms with Crippen molar-refractivity contribution >= 4 is 47.4 Å². The first-order valence-corrected chi connectivity index (χ1v) is 19.0. The molecular formula is C40H58N8O10. The number of nitrogens with one attached hydrogen (secondary N) is 4. The molecule has 18 nitrogen and oxygen atoms in total. The molecule has 0 radical (unpaired) electrons. The zero-order valence-corrected chi connectivity index (χ0v) is 33.8. The van der Waals surface area contributed by atoms with Crippen molar-refractivity contribution in [2.45, 2.75) is 97.0 Å². The van der Waals surface area contributed by atoms with E-state index in [1.54, 1.807) is 13.0 Å². The highest BCUT2D eigenvalue weighted by atomic mass is 16.4. The first-order chi connectivity index (χ1) is 27.3. The largest absolute Gasteiger partial charge is 0.480 e. The number of likely N-dealkylation sites (N-methyl/N-ethyl adjacent to an activating group) is 1. The van der Waals surface area contributed by atoms with E-state index in [1.807, 2.05) is 43.3 Å². The van der Waals surface area contributed by atoms with Gasteiger partial charge in [0, 0.05) is 25.9 Å². The summed E-state index contributed by atoms with van der Waals surface area (Å²) in [4.78, 5) is 97.2. The van der Waals surface area contributed by atoms with Crippen LogP contribution in [0.3, 0.4) is 0 Å². The maximum Gasteiger partial charge on any atom is 0.327 e. The second-order valence-corrected chi connectivity index (χ2v) is 14.4. The Morgan fingerprint density at radius 2 is 1.59 bits per heavy atom. The van der Waals surface area contributed by atoms with Crippen molar-refractivity contribution in [2.24, 2.45) is 34.2 Å². The lowest BCUT2D eigenvalue weighted by molar-refractivity contribution is -0.146. The standard InChI is InChI=1S/C40H58N8O10/c1-7-30-37(54)47-33(39(57)58)25(5)35(52)45-28(14-11-19-43-40(41)42)36(53)44-27(24(4)34(51)46-29(38(55)56)17-18-32(50)48(30)6)16-15-22(2)20-23(3)31(49)21-26-12-9-8-10-13-26/h7-10,12-13,15-16,20,23-25,27-29,31,33,49H,11,14,17-19,21H2,1-6H3,(H,44,53)(H,45,52)(H,46,51)(H,47,54)(H,55,56)(H,57,58)(H4,41,42,43)/b16-15+,22-20+,30-7-/t23-,24-,25?,27-,28-,29?,31-,33?/m0/s1. The van der Waals surface area contributed by atoms with E-state index >= 15 is 0 Å². The molecule has 0 spiro atoms. The number of hydrogen-bond acceptors (Lipinski definition) is 9. The number of guanidine groups is 1. The fourth-order valence-electron chi connectivity index (χ4n) is 6.10. The van der Waals surface area contributed by atoms with Crippen LogP contribution in [0.25, 0.3) is 0 Å². The van der Waals surface area contributed by atoms with Gasteiger partial charge in [0.25, 0.3) is 5.91 Å². The van der Waals surface area contributed by atoms with Gasteiger partial charge in [-0.05, 0) is 45.1 Å². The van der Waals surface area contributed by atoms with Crippen molar-refractivity contribution < 1.29 is 48.9 Å². The van der Waals surface area contributed by atoms with Gasteiger partial charge in [-0.25, -0.2) is 9.59 Å². The summed E-state index contributed by atoms with van der Waals surface area (Å²) in [5, 5.41) is 40.9. The number of carbonyl (C=O) groups excluding carboxylic acids is 5. The van der Waals surface area contributed by atoms with E-state index in [2.05, 4.69) is 26.3 Å². The summed E-state index contributed by atoms with van der Waals surface area (Å²) in [5.74, 6) is -10.3. The van der Waals surface area contributed by atoms with E-state index in [4.69, 9.17) is 11.5 Å². The first kappa shape index (κ1) is 48.1. The number of nitrogens with zero attached hydrogens (tertiary/aromatic N) is 2. The smallest absolute Gasteiger partial charge is 0.327 e. The predicted octanol–water partition coefficient (Wildman–Crippen LogP) is 0.319. The quantitative estimate of drug-likeness (QED) is 0.0454. The van der Waals surface area contributed by atoms with E-state index in [0.717, 1.165) is 10.5 Å². The first-order valence-electron chi connectivity index (χ1n) is 19.0. The third kappa shape index (κ3) is 15.1. The number of carbonyl (C=O) groups is 7. The van der Waals surface area contributed by atoms with Crippen LogP contribution in [0, 0.1) is 17.8 Å². The minimum Gasteiger partial charge on any atom is -0.480 e. The highest BCUT2D eigenvalue weighted by Crippen LogP contribution is 2.17. The van der Waals surface area contributed by atoms with Crippen molar-refractivity contribution in [2.75, 3.05) is 13.6 Å². The molecule has 1 fully saturated rings. The molecule has 0 bridgehead atoms. The number of aliphatic hydroxyl groups is 1. The zero-order valence-electron chi connectivity index (χ0n) is 33.8. The highest BCUT2D eigenvalue weighted by Gasteiger charge is 2.36. The van der Waals surface area contributed by atoms with Crippen LogP contribution in [0.4, 0.5) is 0 Å². The average Bonchev–Trinajstić information content (AvgIpc) is 3.17. The maximum absolute atomic E-state index is 14.0. The number of aliphatic imine (C=N–C) groups is 1. The number of nitrogens with two attached hydrogens (primary N) is 2. The van der Waals surface area contributed by atoms with Crippen LogP contribution in [0.1, 0.15) is 65.9 Å². The predicted molar refractivity (Wildman–Crippen MR) is 215 cm³/mol. The Hall–Kier alpha value is -6.04. The van der Waals surface area contributed by atoms with Crippen molar-refractivity contribution in [1.82, 2.24) is 26.2 Å². The number of aliphatic hydroxyl groups excluding tert-OH is 1. The van der Waals surface area contributed by atoms with Gasteiger partial charge in [-0.15, -0.1) is 0 Å². The molecule has 3 unspecified atom stereocenters. The number of hydrogen-bond donors (Lipinski definition) is 9. The van der Waals surface area contributed by atoms with Gasteiger partial charge in [0.05, 0.1) is 24.0 Å². The summed E-state index contributed by atoms with van der Waals surface area (Å²) in [6.45, 7) is 7.79. The molecule has 8 atom stereocenters. The van der Waals surface area contributed by atoms with Crippen LogP contribution in [-0.4, -0.2) is 112 Å². The average molecular weight is 811 g/mol. The lowest BCUT2D eigenvalue weighted by Crippen LogP contribution is -2.56.